The molecule has 8 atom stereocenters. The Labute approximate surface area is 329 Å². The fraction of sp³-hybridized carbons (Fsp3) is 0.829. The van der Waals surface area contributed by atoms with Gasteiger partial charge in [0, 0.05) is 19.5 Å². The van der Waals surface area contributed by atoms with Gasteiger partial charge in [0.2, 0.25) is 23.6 Å². The third kappa shape index (κ3) is 12.4. The normalized spacial score (nSPS) is 28.9. The van der Waals surface area contributed by atoms with Gasteiger partial charge in [-0.25, -0.2) is 9.59 Å². The van der Waals surface area contributed by atoms with Gasteiger partial charge in [-0.1, -0.05) is 75.2 Å². The maximum Gasteiger partial charge on any atom is 0.329 e. The number of unbranched alkanes of at least 4 members (excludes halogenated alkanes) is 2. The summed E-state index contributed by atoms with van der Waals surface area (Å²) < 4.78 is 12.0. The summed E-state index contributed by atoms with van der Waals surface area (Å²) in [5.41, 5.74) is -1.31. The Morgan fingerprint density at radius 3 is 1.98 bits per heavy atom. The number of rotatable bonds is 10. The number of amides is 5. The highest BCUT2D eigenvalue weighted by molar-refractivity contribution is 5.96. The zero-order valence-electron chi connectivity index (χ0n) is 35.8. The van der Waals surface area contributed by atoms with Crippen molar-refractivity contribution in [3.05, 3.63) is 0 Å². The standard InChI is InChI=1S/C41H71N5O9/c1-14-16-17-20-30-41(11,12)40(53)44-31(24(5)6)36(49)45(13)32(25(7)8)39(52)55-33(26(9)15-2)37(50)46-21-18-19-29(46)35(48)43-28(22-23(3)4)34(47)42-27(10)38(51)54-30/h23-33H,14-22H2,1-13H3,(H,42,47)(H,43,48)(H,44,53)/t26-,27-,28?,29-,30?,31-,32?,33-/m0/s1. The molecule has 2 aliphatic heterocycles. The summed E-state index contributed by atoms with van der Waals surface area (Å²) in [5, 5.41) is 8.44. The predicted octanol–water partition coefficient (Wildman–Crippen LogP) is 4.13. The van der Waals surface area contributed by atoms with Crippen molar-refractivity contribution in [2.45, 2.75) is 177 Å². The lowest BCUT2D eigenvalue weighted by molar-refractivity contribution is -0.172. The van der Waals surface area contributed by atoms with Crippen molar-refractivity contribution in [2.75, 3.05) is 13.6 Å². The van der Waals surface area contributed by atoms with E-state index in [0.29, 0.717) is 32.1 Å². The molecule has 0 aromatic rings. The van der Waals surface area contributed by atoms with Crippen molar-refractivity contribution in [3.63, 3.8) is 0 Å². The van der Waals surface area contributed by atoms with Crippen molar-refractivity contribution >= 4 is 41.5 Å². The van der Waals surface area contributed by atoms with Crippen LogP contribution in [-0.4, -0.2) is 107 Å². The molecule has 14 nitrogen and oxygen atoms in total. The number of nitrogens with zero attached hydrogens (tertiary/aromatic N) is 2. The van der Waals surface area contributed by atoms with E-state index < -0.39 is 107 Å². The molecule has 55 heavy (non-hydrogen) atoms. The predicted molar refractivity (Wildman–Crippen MR) is 209 cm³/mol. The van der Waals surface area contributed by atoms with Gasteiger partial charge in [0.15, 0.2) is 6.10 Å². The van der Waals surface area contributed by atoms with Crippen molar-refractivity contribution in [1.29, 1.82) is 0 Å². The Balaban J connectivity index is 2.72. The monoisotopic (exact) mass is 778 g/mol. The molecular weight excluding hydrogens is 706 g/mol. The molecule has 5 amide bonds. The molecule has 0 bridgehead atoms. The first-order valence-electron chi connectivity index (χ1n) is 20.5. The number of esters is 2. The maximum absolute atomic E-state index is 14.2. The molecule has 3 N–H and O–H groups in total. The van der Waals surface area contributed by atoms with Crippen LogP contribution in [0, 0.1) is 29.1 Å². The average Bonchev–Trinajstić information content (AvgIpc) is 3.60. The third-order valence-corrected chi connectivity index (χ3v) is 11.1. The van der Waals surface area contributed by atoms with Gasteiger partial charge in [-0.05, 0) is 77.0 Å². The zero-order chi connectivity index (χ0) is 41.9. The fourth-order valence-electron chi connectivity index (χ4n) is 7.24. The number of nitrogens with one attached hydrogen (secondary N) is 3. The Morgan fingerprint density at radius 2 is 1.44 bits per heavy atom. The Morgan fingerprint density at radius 1 is 0.800 bits per heavy atom. The molecule has 14 heteroatoms. The number of cyclic esters (lactones) is 2. The zero-order valence-corrected chi connectivity index (χ0v) is 35.8. The van der Waals surface area contributed by atoms with Gasteiger partial charge in [0.05, 0.1) is 5.41 Å². The van der Waals surface area contributed by atoms with E-state index in [0.717, 1.165) is 12.8 Å². The van der Waals surface area contributed by atoms with Crippen LogP contribution in [0.5, 0.6) is 0 Å². The lowest BCUT2D eigenvalue weighted by Crippen LogP contribution is -2.60. The number of likely N-dealkylation sites (N-methyl/N-ethyl adjacent to an activating group) is 1. The summed E-state index contributed by atoms with van der Waals surface area (Å²) in [6.45, 7) is 21.7. The van der Waals surface area contributed by atoms with Crippen molar-refractivity contribution in [2.24, 2.45) is 29.1 Å². The van der Waals surface area contributed by atoms with E-state index in [1.165, 1.54) is 23.8 Å². The summed E-state index contributed by atoms with van der Waals surface area (Å²) in [6, 6.07) is -5.20. The largest absolute Gasteiger partial charge is 0.460 e. The summed E-state index contributed by atoms with van der Waals surface area (Å²) >= 11 is 0. The second-order valence-corrected chi connectivity index (χ2v) is 17.3. The first kappa shape index (κ1) is 47.4. The van der Waals surface area contributed by atoms with Crippen LogP contribution in [0.3, 0.4) is 0 Å². The molecule has 3 unspecified atom stereocenters. The first-order chi connectivity index (χ1) is 25.6. The summed E-state index contributed by atoms with van der Waals surface area (Å²) in [4.78, 5) is 101. The topological polar surface area (TPSA) is 181 Å². The van der Waals surface area contributed by atoms with Gasteiger partial charge < -0.3 is 35.2 Å². The molecule has 314 valence electrons. The average molecular weight is 778 g/mol. The molecule has 2 fully saturated rings. The number of fused-ring (bicyclic) bond motifs is 1. The summed E-state index contributed by atoms with van der Waals surface area (Å²) in [7, 11) is 1.49. The van der Waals surface area contributed by atoms with Crippen LogP contribution in [0.2, 0.25) is 0 Å². The molecule has 0 aromatic heterocycles. The summed E-state index contributed by atoms with van der Waals surface area (Å²) in [5.74, 6) is -5.45. The Bertz CT molecular complexity index is 1370. The van der Waals surface area contributed by atoms with Gasteiger partial charge in [0.25, 0.3) is 5.91 Å². The maximum atomic E-state index is 14.2. The molecule has 0 radical (unpaired) electrons. The second kappa shape index (κ2) is 21.0. The highest BCUT2D eigenvalue weighted by Gasteiger charge is 2.46. The van der Waals surface area contributed by atoms with E-state index in [1.807, 2.05) is 27.7 Å². The van der Waals surface area contributed by atoms with Crippen LogP contribution >= 0.6 is 0 Å². The van der Waals surface area contributed by atoms with Gasteiger partial charge in [0.1, 0.15) is 36.3 Å². The van der Waals surface area contributed by atoms with E-state index >= 15 is 0 Å². The number of hydrogen-bond donors (Lipinski definition) is 3. The Kier molecular flexibility index (Phi) is 18.1. The SMILES string of the molecule is CCCCCC1OC(=O)[C@H](C)NC(=O)C(CC(C)C)NC(=O)[C@@H]2CCCN2C(=O)[C@H]([C@@H](C)CC)OC(=O)C(C(C)C)N(C)C(=O)[C@H](C(C)C)NC(=O)C1(C)C. The van der Waals surface area contributed by atoms with Crippen molar-refractivity contribution in [1.82, 2.24) is 25.8 Å². The minimum Gasteiger partial charge on any atom is -0.460 e. The van der Waals surface area contributed by atoms with Crippen LogP contribution in [-0.2, 0) is 43.0 Å². The number of carbonyl (C=O) groups excluding carboxylic acids is 7. The second-order valence-electron chi connectivity index (χ2n) is 17.3. The fourth-order valence-corrected chi connectivity index (χ4v) is 7.24. The van der Waals surface area contributed by atoms with E-state index in [9.17, 15) is 33.6 Å². The molecule has 0 spiro atoms. The molecule has 0 aromatic carbocycles. The van der Waals surface area contributed by atoms with E-state index in [2.05, 4.69) is 16.0 Å². The first-order valence-corrected chi connectivity index (χ1v) is 20.5. The lowest BCUT2D eigenvalue weighted by Gasteiger charge is -2.38. The van der Waals surface area contributed by atoms with Gasteiger partial charge in [-0.3, -0.25) is 24.0 Å². The van der Waals surface area contributed by atoms with Gasteiger partial charge >= 0.3 is 11.9 Å². The number of carbonyl (C=O) groups is 7. The van der Waals surface area contributed by atoms with Crippen LogP contribution in [0.15, 0.2) is 0 Å². The van der Waals surface area contributed by atoms with E-state index in [4.69, 9.17) is 9.47 Å². The van der Waals surface area contributed by atoms with Crippen molar-refractivity contribution in [3.8, 4) is 0 Å². The quantitative estimate of drug-likeness (QED) is 0.217. The van der Waals surface area contributed by atoms with Gasteiger partial charge in [-0.15, -0.1) is 0 Å². The molecular formula is C41H71N5O9. The molecule has 0 aliphatic carbocycles. The smallest absolute Gasteiger partial charge is 0.329 e. The third-order valence-electron chi connectivity index (χ3n) is 11.1. The van der Waals surface area contributed by atoms with E-state index in [1.54, 1.807) is 48.5 Å². The highest BCUT2D eigenvalue weighted by Crippen LogP contribution is 2.30. The van der Waals surface area contributed by atoms with Crippen LogP contribution < -0.4 is 16.0 Å². The molecule has 2 aliphatic rings. The minimum atomic E-state index is -1.31. The highest BCUT2D eigenvalue weighted by atomic mass is 16.6. The van der Waals surface area contributed by atoms with Crippen LogP contribution in [0.25, 0.3) is 0 Å². The van der Waals surface area contributed by atoms with Crippen molar-refractivity contribution < 1.29 is 43.0 Å². The lowest BCUT2D eigenvalue weighted by atomic mass is 9.82. The van der Waals surface area contributed by atoms with Crippen LogP contribution in [0.1, 0.15) is 134 Å². The molecule has 2 saturated heterocycles. The van der Waals surface area contributed by atoms with E-state index in [-0.39, 0.29) is 18.9 Å². The molecule has 2 heterocycles. The molecule has 2 rings (SSSR count). The molecule has 0 saturated carbocycles. The Hall–Kier alpha value is -3.71. The minimum absolute atomic E-state index is 0.0109. The van der Waals surface area contributed by atoms with Crippen LogP contribution in [0.4, 0.5) is 0 Å². The number of hydrogen-bond acceptors (Lipinski definition) is 9. The van der Waals surface area contributed by atoms with Gasteiger partial charge in [-0.2, -0.15) is 0 Å². The number of ether oxygens (including phenoxy) is 2. The summed E-state index contributed by atoms with van der Waals surface area (Å²) in [6.07, 6.45) is 2.24.